The van der Waals surface area contributed by atoms with Gasteiger partial charge in [0.2, 0.25) is 5.91 Å². The number of hydrogen-bond donors (Lipinski definition) is 6. The van der Waals surface area contributed by atoms with E-state index in [0.29, 0.717) is 19.5 Å². The van der Waals surface area contributed by atoms with Crippen molar-refractivity contribution in [2.24, 2.45) is 17.4 Å². The molecule has 0 radical (unpaired) electrons. The van der Waals surface area contributed by atoms with Gasteiger partial charge in [-0.2, -0.15) is 0 Å². The molecule has 0 saturated carbocycles. The van der Waals surface area contributed by atoms with Gasteiger partial charge in [0.25, 0.3) is 5.91 Å². The zero-order valence-electron chi connectivity index (χ0n) is 14.6. The van der Waals surface area contributed by atoms with Crippen LogP contribution in [0.1, 0.15) is 33.1 Å². The molecule has 0 aromatic heterocycles. The van der Waals surface area contributed by atoms with Crippen LogP contribution in [0.15, 0.2) is 0 Å². The molecule has 1 saturated heterocycles. The minimum absolute atomic E-state index is 0.158. The van der Waals surface area contributed by atoms with E-state index >= 15 is 0 Å². The van der Waals surface area contributed by atoms with Crippen molar-refractivity contribution in [3.8, 4) is 0 Å². The highest BCUT2D eigenvalue weighted by atomic mass is 16.6. The van der Waals surface area contributed by atoms with Crippen molar-refractivity contribution in [3.05, 3.63) is 0 Å². The fourth-order valence-electron chi connectivity index (χ4n) is 2.27. The van der Waals surface area contributed by atoms with Crippen LogP contribution in [0.2, 0.25) is 0 Å². The second-order valence-corrected chi connectivity index (χ2v) is 6.39. The monoisotopic (exact) mass is 358 g/mol. The topological polar surface area (TPSA) is 174 Å². The van der Waals surface area contributed by atoms with Crippen LogP contribution >= 0.6 is 0 Å². The van der Waals surface area contributed by atoms with Crippen LogP contribution in [0.5, 0.6) is 0 Å². The second kappa shape index (κ2) is 9.82. The first-order valence-corrected chi connectivity index (χ1v) is 8.30. The number of rotatable bonds is 11. The maximum absolute atomic E-state index is 12.3. The van der Waals surface area contributed by atoms with Gasteiger partial charge in [0.05, 0.1) is 6.54 Å². The first-order chi connectivity index (χ1) is 11.7. The minimum Gasteiger partial charge on any atom is -0.479 e. The van der Waals surface area contributed by atoms with E-state index < -0.39 is 30.1 Å². The van der Waals surface area contributed by atoms with Crippen LogP contribution in [0, 0.1) is 5.92 Å². The summed E-state index contributed by atoms with van der Waals surface area (Å²) >= 11 is 0. The van der Waals surface area contributed by atoms with Crippen molar-refractivity contribution < 1.29 is 29.2 Å². The molecule has 8 N–H and O–H groups in total. The molecule has 0 spiro atoms. The number of nitrogens with two attached hydrogens (primary N) is 2. The summed E-state index contributed by atoms with van der Waals surface area (Å²) < 4.78 is 4.80. The third-order valence-electron chi connectivity index (χ3n) is 3.57. The Labute approximate surface area is 146 Å². The number of carboxylic acid groups (broad SMARTS) is 1. The molecule has 0 aromatic rings. The average Bonchev–Trinajstić information content (AvgIpc) is 3.29. The van der Waals surface area contributed by atoms with Crippen LogP contribution in [-0.2, 0) is 19.1 Å². The molecule has 10 heteroatoms. The average molecular weight is 358 g/mol. The van der Waals surface area contributed by atoms with Crippen LogP contribution in [0.3, 0.4) is 0 Å². The largest absolute Gasteiger partial charge is 0.479 e. The number of carbonyl (C=O) groups is 3. The van der Waals surface area contributed by atoms with E-state index in [4.69, 9.17) is 21.3 Å². The third-order valence-corrected chi connectivity index (χ3v) is 3.57. The van der Waals surface area contributed by atoms with E-state index in [1.165, 1.54) is 0 Å². The van der Waals surface area contributed by atoms with Gasteiger partial charge in [0, 0.05) is 6.54 Å². The molecule has 25 heavy (non-hydrogen) atoms. The maximum atomic E-state index is 12.3. The number of aliphatic carboxylic acids is 1. The van der Waals surface area contributed by atoms with Gasteiger partial charge in [0.15, 0.2) is 12.2 Å². The molecule has 1 aliphatic rings. The lowest BCUT2D eigenvalue weighted by Crippen LogP contribution is -2.78. The Kier molecular flexibility index (Phi) is 8.12. The number of carboxylic acids is 1. The number of guanidine groups is 1. The van der Waals surface area contributed by atoms with Gasteiger partial charge in [-0.05, 0) is 25.2 Å². The maximum Gasteiger partial charge on any atom is 0.338 e. The summed E-state index contributed by atoms with van der Waals surface area (Å²) in [7, 11) is 0. The molecule has 1 fully saturated rings. The SMILES string of the molecule is CC(C)C[C@H](NC(=O)[C@H]1O[C@@H]1C(=O)O)C(=O)NCCCC[NH+]=C(N)N. The van der Waals surface area contributed by atoms with Crippen molar-refractivity contribution in [2.45, 2.75) is 51.4 Å². The van der Waals surface area contributed by atoms with Crippen molar-refractivity contribution in [2.75, 3.05) is 13.1 Å². The first kappa shape index (κ1) is 20.7. The predicted molar refractivity (Wildman–Crippen MR) is 89.1 cm³/mol. The molecule has 0 aliphatic carbocycles. The van der Waals surface area contributed by atoms with E-state index in [-0.39, 0.29) is 17.8 Å². The molecule has 10 nitrogen and oxygen atoms in total. The highest BCUT2D eigenvalue weighted by Gasteiger charge is 2.51. The standard InChI is InChI=1S/C15H27N5O5/c1-8(2)7-9(20-13(22)10-11(25-10)14(23)24)12(21)18-5-3-4-6-19-15(16)17/h8-11H,3-7H2,1-2H3,(H,18,21)(H,20,22)(H,23,24)(H4,16,17,19)/p+1/t9-,10-,11-/m0/s1. The Morgan fingerprint density at radius 2 is 1.88 bits per heavy atom. The highest BCUT2D eigenvalue weighted by molar-refractivity contribution is 5.95. The normalized spacial score (nSPS) is 19.8. The van der Waals surface area contributed by atoms with Crippen LogP contribution < -0.4 is 27.1 Å². The van der Waals surface area contributed by atoms with Crippen LogP contribution in [-0.4, -0.2) is 60.2 Å². The lowest BCUT2D eigenvalue weighted by Gasteiger charge is -2.19. The molecular formula is C15H28N5O5+. The third kappa shape index (κ3) is 7.84. The van der Waals surface area contributed by atoms with Crippen LogP contribution in [0.4, 0.5) is 0 Å². The zero-order valence-corrected chi connectivity index (χ0v) is 14.6. The molecule has 0 bridgehead atoms. The lowest BCUT2D eigenvalue weighted by molar-refractivity contribution is -0.459. The molecule has 0 aromatic carbocycles. The predicted octanol–water partition coefficient (Wildman–Crippen LogP) is -3.38. The number of hydrogen-bond acceptors (Lipinski definition) is 4. The Balaban J connectivity index is 2.40. The Bertz CT molecular complexity index is 518. The Morgan fingerprint density at radius 3 is 2.40 bits per heavy atom. The Morgan fingerprint density at radius 1 is 1.20 bits per heavy atom. The van der Waals surface area contributed by atoms with Gasteiger partial charge in [-0.25, -0.2) is 4.79 Å². The van der Waals surface area contributed by atoms with Gasteiger partial charge in [-0.1, -0.05) is 13.8 Å². The fraction of sp³-hybridized carbons (Fsp3) is 0.733. The smallest absolute Gasteiger partial charge is 0.338 e. The summed E-state index contributed by atoms with van der Waals surface area (Å²) in [6.45, 7) is 4.92. The number of unbranched alkanes of at least 4 members (excludes halogenated alkanes) is 1. The first-order valence-electron chi connectivity index (χ1n) is 8.30. The van der Waals surface area contributed by atoms with Gasteiger partial charge < -0.3 is 20.5 Å². The summed E-state index contributed by atoms with van der Waals surface area (Å²) in [6.07, 6.45) is -0.204. The number of carbonyl (C=O) groups excluding carboxylic acids is 2. The molecule has 142 valence electrons. The minimum atomic E-state index is -1.19. The lowest BCUT2D eigenvalue weighted by atomic mass is 10.0. The molecule has 3 atom stereocenters. The van der Waals surface area contributed by atoms with Crippen molar-refractivity contribution >= 4 is 23.7 Å². The van der Waals surface area contributed by atoms with Gasteiger partial charge in [-0.15, -0.1) is 0 Å². The van der Waals surface area contributed by atoms with Crippen LogP contribution in [0.25, 0.3) is 0 Å². The van der Waals surface area contributed by atoms with E-state index in [2.05, 4.69) is 15.6 Å². The summed E-state index contributed by atoms with van der Waals surface area (Å²) in [5.41, 5.74) is 10.5. The molecule has 0 unspecified atom stereocenters. The van der Waals surface area contributed by atoms with E-state index in [0.717, 1.165) is 12.8 Å². The number of ether oxygens (including phenoxy) is 1. The highest BCUT2D eigenvalue weighted by Crippen LogP contribution is 2.22. The molecule has 1 aliphatic heterocycles. The zero-order chi connectivity index (χ0) is 19.0. The molecular weight excluding hydrogens is 330 g/mol. The summed E-state index contributed by atoms with van der Waals surface area (Å²) in [5.74, 6) is -1.72. The molecule has 1 rings (SSSR count). The van der Waals surface area contributed by atoms with Gasteiger partial charge in [0.1, 0.15) is 6.04 Å². The van der Waals surface area contributed by atoms with Gasteiger partial charge in [-0.3, -0.25) is 26.0 Å². The van der Waals surface area contributed by atoms with E-state index in [1.807, 2.05) is 13.8 Å². The quantitative estimate of drug-likeness (QED) is 0.0966. The summed E-state index contributed by atoms with van der Waals surface area (Å²) in [4.78, 5) is 37.8. The fourth-order valence-corrected chi connectivity index (χ4v) is 2.27. The number of amides is 2. The van der Waals surface area contributed by atoms with Gasteiger partial charge >= 0.3 is 11.9 Å². The van der Waals surface area contributed by atoms with E-state index in [1.54, 1.807) is 0 Å². The second-order valence-electron chi connectivity index (χ2n) is 6.39. The summed E-state index contributed by atoms with van der Waals surface area (Å²) in [5, 5.41) is 14.1. The van der Waals surface area contributed by atoms with E-state index in [9.17, 15) is 14.4 Å². The number of epoxide rings is 1. The van der Waals surface area contributed by atoms with Crippen molar-refractivity contribution in [1.29, 1.82) is 0 Å². The summed E-state index contributed by atoms with van der Waals surface area (Å²) in [6, 6.07) is -0.725. The molecule has 2 amide bonds. The Hall–Kier alpha value is -2.36. The number of nitrogens with one attached hydrogen (secondary N) is 3. The van der Waals surface area contributed by atoms with Crippen molar-refractivity contribution in [3.63, 3.8) is 0 Å². The van der Waals surface area contributed by atoms with Crippen molar-refractivity contribution in [1.82, 2.24) is 10.6 Å². The molecule has 1 heterocycles.